The summed E-state index contributed by atoms with van der Waals surface area (Å²) in [5, 5.41) is 8.60. The number of carboxylic acids is 1. The number of aliphatic carboxylic acids is 1. The molecule has 0 spiro atoms. The molecule has 4 heteroatoms. The Morgan fingerprint density at radius 1 is 1.58 bits per heavy atom. The predicted octanol–water partition coefficient (Wildman–Crippen LogP) is -0.116. The summed E-state index contributed by atoms with van der Waals surface area (Å²) in [6, 6.07) is 0. The van der Waals surface area contributed by atoms with E-state index in [1.165, 1.54) is 0 Å². The molecule has 0 aromatic carbocycles. The minimum Gasteiger partial charge on any atom is -0.481 e. The average Bonchev–Trinajstić information content (AvgIpc) is 1.94. The molecule has 0 saturated carbocycles. The fourth-order valence-electron chi connectivity index (χ4n) is 1.54. The summed E-state index contributed by atoms with van der Waals surface area (Å²) in [5.41, 5.74) is 5.45. The molecule has 3 N–H and O–H groups in total. The Hall–Kier alpha value is -0.610. The van der Waals surface area contributed by atoms with Gasteiger partial charge in [0.15, 0.2) is 0 Å². The van der Waals surface area contributed by atoms with Crippen LogP contribution in [0.4, 0.5) is 0 Å². The maximum atomic E-state index is 10.5. The monoisotopic (exact) mass is 172 g/mol. The van der Waals surface area contributed by atoms with Gasteiger partial charge in [-0.15, -0.1) is 0 Å². The number of piperidine rings is 1. The van der Waals surface area contributed by atoms with Crippen molar-refractivity contribution in [3.05, 3.63) is 0 Å². The Morgan fingerprint density at radius 3 is 2.50 bits per heavy atom. The molecule has 0 unspecified atom stereocenters. The molecule has 1 heterocycles. The molecule has 0 radical (unpaired) electrons. The van der Waals surface area contributed by atoms with Crippen LogP contribution in [-0.4, -0.2) is 41.7 Å². The van der Waals surface area contributed by atoms with E-state index in [1.54, 1.807) is 0 Å². The molecule has 1 fully saturated rings. The lowest BCUT2D eigenvalue weighted by Gasteiger charge is -2.36. The molecule has 0 amide bonds. The van der Waals surface area contributed by atoms with Gasteiger partial charge in [-0.3, -0.25) is 4.79 Å². The third-order valence-electron chi connectivity index (χ3n) is 2.49. The number of likely N-dealkylation sites (tertiary alicyclic amines) is 1. The third-order valence-corrected chi connectivity index (χ3v) is 2.49. The lowest BCUT2D eigenvalue weighted by molar-refractivity contribution is -0.138. The molecule has 0 bridgehead atoms. The minimum atomic E-state index is -0.790. The van der Waals surface area contributed by atoms with Crippen LogP contribution < -0.4 is 5.73 Å². The Balaban J connectivity index is 2.44. The molecular formula is C8H16N2O2. The van der Waals surface area contributed by atoms with Crippen LogP contribution >= 0.6 is 0 Å². The van der Waals surface area contributed by atoms with Crippen LogP contribution in [0.15, 0.2) is 0 Å². The van der Waals surface area contributed by atoms with E-state index in [0.29, 0.717) is 0 Å². The highest BCUT2D eigenvalue weighted by Crippen LogP contribution is 2.21. The van der Waals surface area contributed by atoms with Crippen LogP contribution in [0.1, 0.15) is 19.3 Å². The van der Waals surface area contributed by atoms with E-state index >= 15 is 0 Å². The van der Waals surface area contributed by atoms with Gasteiger partial charge in [0.2, 0.25) is 0 Å². The van der Waals surface area contributed by atoms with Crippen molar-refractivity contribution in [2.24, 2.45) is 5.73 Å². The Labute approximate surface area is 72.3 Å². The molecule has 1 aliphatic heterocycles. The molecule has 0 aromatic heterocycles. The maximum absolute atomic E-state index is 10.5. The molecule has 1 aliphatic rings. The fraction of sp³-hybridized carbons (Fsp3) is 0.875. The van der Waals surface area contributed by atoms with Crippen molar-refractivity contribution in [1.29, 1.82) is 0 Å². The topological polar surface area (TPSA) is 66.6 Å². The number of carboxylic acid groups (broad SMARTS) is 1. The summed E-state index contributed by atoms with van der Waals surface area (Å²) in [7, 11) is 2.03. The van der Waals surface area contributed by atoms with Gasteiger partial charge in [-0.1, -0.05) is 0 Å². The zero-order valence-electron chi connectivity index (χ0n) is 7.42. The van der Waals surface area contributed by atoms with Gasteiger partial charge in [-0.2, -0.15) is 0 Å². The van der Waals surface area contributed by atoms with Gasteiger partial charge in [0.05, 0.1) is 6.42 Å². The smallest absolute Gasteiger partial charge is 0.305 e. The second-order valence-corrected chi connectivity index (χ2v) is 3.74. The number of nitrogens with zero attached hydrogens (tertiary/aromatic N) is 1. The van der Waals surface area contributed by atoms with Crippen molar-refractivity contribution >= 4 is 5.97 Å². The molecule has 1 saturated heterocycles. The lowest BCUT2D eigenvalue weighted by Crippen LogP contribution is -2.50. The lowest BCUT2D eigenvalue weighted by atomic mass is 9.86. The van der Waals surface area contributed by atoms with Crippen molar-refractivity contribution in [3.63, 3.8) is 0 Å². The second-order valence-electron chi connectivity index (χ2n) is 3.74. The van der Waals surface area contributed by atoms with Crippen molar-refractivity contribution in [2.45, 2.75) is 24.8 Å². The fourth-order valence-corrected chi connectivity index (χ4v) is 1.54. The van der Waals surface area contributed by atoms with Gasteiger partial charge < -0.3 is 15.7 Å². The number of hydrogen-bond acceptors (Lipinski definition) is 3. The van der Waals surface area contributed by atoms with Crippen LogP contribution in [0, 0.1) is 0 Å². The van der Waals surface area contributed by atoms with Gasteiger partial charge in [0.1, 0.15) is 0 Å². The number of hydrogen-bond donors (Lipinski definition) is 2. The molecule has 0 aliphatic carbocycles. The number of nitrogens with two attached hydrogens (primary N) is 1. The third kappa shape index (κ3) is 2.46. The highest BCUT2D eigenvalue weighted by atomic mass is 16.4. The maximum Gasteiger partial charge on any atom is 0.305 e. The van der Waals surface area contributed by atoms with Crippen LogP contribution in [0.2, 0.25) is 0 Å². The summed E-state index contributed by atoms with van der Waals surface area (Å²) >= 11 is 0. The van der Waals surface area contributed by atoms with Crippen molar-refractivity contribution in [1.82, 2.24) is 4.90 Å². The molecule has 0 atom stereocenters. The molecular weight excluding hydrogens is 156 g/mol. The van der Waals surface area contributed by atoms with E-state index in [2.05, 4.69) is 4.90 Å². The quantitative estimate of drug-likeness (QED) is 0.609. The Kier molecular flexibility index (Phi) is 2.69. The molecule has 12 heavy (non-hydrogen) atoms. The van der Waals surface area contributed by atoms with E-state index in [4.69, 9.17) is 10.8 Å². The zero-order valence-corrected chi connectivity index (χ0v) is 7.42. The molecule has 1 rings (SSSR count). The van der Waals surface area contributed by atoms with Gasteiger partial charge in [-0.05, 0) is 33.0 Å². The summed E-state index contributed by atoms with van der Waals surface area (Å²) in [6.45, 7) is 1.81. The van der Waals surface area contributed by atoms with Gasteiger partial charge in [0, 0.05) is 5.54 Å². The molecule has 70 valence electrons. The highest BCUT2D eigenvalue weighted by molar-refractivity contribution is 5.68. The van der Waals surface area contributed by atoms with E-state index in [0.717, 1.165) is 25.9 Å². The van der Waals surface area contributed by atoms with Crippen molar-refractivity contribution < 1.29 is 9.90 Å². The SMILES string of the molecule is CN1CCC(N)(CC(=O)O)CC1. The predicted molar refractivity (Wildman–Crippen MR) is 45.9 cm³/mol. The van der Waals surface area contributed by atoms with Crippen LogP contribution in [-0.2, 0) is 4.79 Å². The van der Waals surface area contributed by atoms with Gasteiger partial charge in [-0.25, -0.2) is 0 Å². The Morgan fingerprint density at radius 2 is 2.08 bits per heavy atom. The number of carbonyl (C=O) groups is 1. The number of rotatable bonds is 2. The normalized spacial score (nSPS) is 23.8. The van der Waals surface area contributed by atoms with E-state index in [-0.39, 0.29) is 6.42 Å². The summed E-state index contributed by atoms with van der Waals surface area (Å²) in [6.07, 6.45) is 1.67. The average molecular weight is 172 g/mol. The van der Waals surface area contributed by atoms with Crippen LogP contribution in [0.5, 0.6) is 0 Å². The first-order valence-electron chi connectivity index (χ1n) is 4.21. The van der Waals surface area contributed by atoms with Crippen molar-refractivity contribution in [2.75, 3.05) is 20.1 Å². The summed E-state index contributed by atoms with van der Waals surface area (Å²) in [4.78, 5) is 12.6. The molecule has 4 nitrogen and oxygen atoms in total. The van der Waals surface area contributed by atoms with Crippen molar-refractivity contribution in [3.8, 4) is 0 Å². The molecule has 0 aromatic rings. The van der Waals surface area contributed by atoms with Crippen LogP contribution in [0.25, 0.3) is 0 Å². The van der Waals surface area contributed by atoms with Crippen LogP contribution in [0.3, 0.4) is 0 Å². The zero-order chi connectivity index (χ0) is 9.19. The standard InChI is InChI=1S/C8H16N2O2/c1-10-4-2-8(9,3-5-10)6-7(11)12/h2-6,9H2,1H3,(H,11,12). The first kappa shape index (κ1) is 9.48. The first-order valence-corrected chi connectivity index (χ1v) is 4.21. The first-order chi connectivity index (χ1) is 5.52. The minimum absolute atomic E-state index is 0.0981. The largest absolute Gasteiger partial charge is 0.481 e. The Bertz CT molecular complexity index is 174. The van der Waals surface area contributed by atoms with Gasteiger partial charge in [0.25, 0.3) is 0 Å². The van der Waals surface area contributed by atoms with E-state index in [1.807, 2.05) is 7.05 Å². The second kappa shape index (κ2) is 3.41. The summed E-state index contributed by atoms with van der Waals surface area (Å²) < 4.78 is 0. The van der Waals surface area contributed by atoms with Gasteiger partial charge >= 0.3 is 5.97 Å². The van der Waals surface area contributed by atoms with E-state index < -0.39 is 11.5 Å². The summed E-state index contributed by atoms with van der Waals surface area (Å²) in [5.74, 6) is -0.790. The highest BCUT2D eigenvalue weighted by Gasteiger charge is 2.31. The van der Waals surface area contributed by atoms with E-state index in [9.17, 15) is 4.79 Å².